The number of H-pyrrole nitrogens is 1. The van der Waals surface area contributed by atoms with Crippen molar-refractivity contribution in [1.29, 1.82) is 0 Å². The fourth-order valence-corrected chi connectivity index (χ4v) is 3.96. The first-order valence-corrected chi connectivity index (χ1v) is 10.1. The average molecular weight is 406 g/mol. The van der Waals surface area contributed by atoms with E-state index in [2.05, 4.69) is 14.9 Å². The van der Waals surface area contributed by atoms with Gasteiger partial charge in [-0.15, -0.1) is 0 Å². The molecule has 7 heteroatoms. The molecule has 0 spiro atoms. The smallest absolute Gasteiger partial charge is 0.251 e. The van der Waals surface area contributed by atoms with E-state index in [9.17, 15) is 4.79 Å². The van der Waals surface area contributed by atoms with Gasteiger partial charge >= 0.3 is 0 Å². The monoisotopic (exact) mass is 406 g/mol. The summed E-state index contributed by atoms with van der Waals surface area (Å²) in [6.45, 7) is 2.59. The number of rotatable bonds is 6. The minimum atomic E-state index is -0.144. The van der Waals surface area contributed by atoms with Crippen molar-refractivity contribution in [3.05, 3.63) is 70.4 Å². The molecule has 1 N–H and O–H groups in total. The summed E-state index contributed by atoms with van der Waals surface area (Å²) >= 11 is 0. The summed E-state index contributed by atoms with van der Waals surface area (Å²) in [6.07, 6.45) is 3.74. The van der Waals surface area contributed by atoms with Crippen LogP contribution < -0.4 is 15.0 Å². The van der Waals surface area contributed by atoms with E-state index in [0.717, 1.165) is 55.4 Å². The average Bonchev–Trinajstić information content (AvgIpc) is 2.79. The van der Waals surface area contributed by atoms with Crippen LogP contribution in [0.2, 0.25) is 0 Å². The second-order valence-corrected chi connectivity index (χ2v) is 7.48. The first kappa shape index (κ1) is 20.1. The van der Waals surface area contributed by atoms with Gasteiger partial charge in [-0.25, -0.2) is 4.98 Å². The molecule has 2 aromatic heterocycles. The third-order valence-corrected chi connectivity index (χ3v) is 5.47. The van der Waals surface area contributed by atoms with Crippen molar-refractivity contribution in [3.8, 4) is 22.9 Å². The standard InChI is InChI=1S/C23H26N4O3/c1-29-18-9-8-16(21(12-18)30-2)14-27-11-5-6-17(15-27)23-25-20(13-22(28)26-23)19-7-3-4-10-24-19/h3-4,7-10,12-13,17H,5-6,11,14-15H2,1-2H3,(H,25,26,28). The highest BCUT2D eigenvalue weighted by Crippen LogP contribution is 2.30. The van der Waals surface area contributed by atoms with Crippen LogP contribution >= 0.6 is 0 Å². The predicted molar refractivity (Wildman–Crippen MR) is 115 cm³/mol. The number of aromatic nitrogens is 3. The van der Waals surface area contributed by atoms with E-state index in [0.29, 0.717) is 11.4 Å². The Balaban J connectivity index is 1.54. The molecule has 1 unspecified atom stereocenters. The van der Waals surface area contributed by atoms with Gasteiger partial charge in [0.15, 0.2) is 0 Å². The summed E-state index contributed by atoms with van der Waals surface area (Å²) in [4.78, 5) is 26.7. The highest BCUT2D eigenvalue weighted by atomic mass is 16.5. The molecule has 7 nitrogen and oxygen atoms in total. The number of pyridine rings is 1. The number of methoxy groups -OCH3 is 2. The number of likely N-dealkylation sites (tertiary alicyclic amines) is 1. The van der Waals surface area contributed by atoms with Gasteiger partial charge in [0.2, 0.25) is 0 Å². The maximum Gasteiger partial charge on any atom is 0.251 e. The minimum absolute atomic E-state index is 0.144. The number of nitrogens with one attached hydrogen (secondary N) is 1. The van der Waals surface area contributed by atoms with E-state index in [4.69, 9.17) is 14.5 Å². The van der Waals surface area contributed by atoms with Crippen LogP contribution in [0.5, 0.6) is 11.5 Å². The number of ether oxygens (including phenoxy) is 2. The number of hydrogen-bond acceptors (Lipinski definition) is 6. The van der Waals surface area contributed by atoms with Gasteiger partial charge in [0.25, 0.3) is 5.56 Å². The van der Waals surface area contributed by atoms with Crippen molar-refractivity contribution in [2.24, 2.45) is 0 Å². The van der Waals surface area contributed by atoms with E-state index >= 15 is 0 Å². The van der Waals surface area contributed by atoms with E-state index in [1.807, 2.05) is 36.4 Å². The van der Waals surface area contributed by atoms with Crippen molar-refractivity contribution in [3.63, 3.8) is 0 Å². The lowest BCUT2D eigenvalue weighted by Gasteiger charge is -2.32. The van der Waals surface area contributed by atoms with Crippen LogP contribution in [0.3, 0.4) is 0 Å². The Morgan fingerprint density at radius 3 is 2.80 bits per heavy atom. The fourth-order valence-electron chi connectivity index (χ4n) is 3.96. The number of hydrogen-bond donors (Lipinski definition) is 1. The van der Waals surface area contributed by atoms with Crippen LogP contribution in [-0.4, -0.2) is 47.2 Å². The zero-order valence-electron chi connectivity index (χ0n) is 17.3. The molecule has 1 saturated heterocycles. The molecule has 4 rings (SSSR count). The molecule has 0 bridgehead atoms. The lowest BCUT2D eigenvalue weighted by atomic mass is 9.96. The van der Waals surface area contributed by atoms with Crippen molar-refractivity contribution in [2.75, 3.05) is 27.3 Å². The topological polar surface area (TPSA) is 80.3 Å². The Hall–Kier alpha value is -3.19. The van der Waals surface area contributed by atoms with Crippen LogP contribution in [0.15, 0.2) is 53.5 Å². The van der Waals surface area contributed by atoms with Gasteiger partial charge in [-0.2, -0.15) is 0 Å². The van der Waals surface area contributed by atoms with Gasteiger partial charge in [0.1, 0.15) is 17.3 Å². The lowest BCUT2D eigenvalue weighted by Crippen LogP contribution is -2.35. The van der Waals surface area contributed by atoms with Crippen molar-refractivity contribution in [1.82, 2.24) is 19.9 Å². The first-order chi connectivity index (χ1) is 14.7. The molecule has 0 aliphatic carbocycles. The van der Waals surface area contributed by atoms with Gasteiger partial charge in [-0.05, 0) is 37.6 Å². The van der Waals surface area contributed by atoms with Crippen LogP contribution in [0, 0.1) is 0 Å². The first-order valence-electron chi connectivity index (χ1n) is 10.1. The zero-order chi connectivity index (χ0) is 20.9. The Morgan fingerprint density at radius 1 is 1.13 bits per heavy atom. The van der Waals surface area contributed by atoms with Gasteiger partial charge in [0, 0.05) is 42.9 Å². The Labute approximate surface area is 175 Å². The Bertz CT molecular complexity index is 1050. The normalized spacial score (nSPS) is 16.9. The molecule has 3 aromatic rings. The minimum Gasteiger partial charge on any atom is -0.497 e. The number of nitrogens with zero attached hydrogens (tertiary/aromatic N) is 3. The van der Waals surface area contributed by atoms with Crippen molar-refractivity contribution < 1.29 is 9.47 Å². The van der Waals surface area contributed by atoms with Gasteiger partial charge < -0.3 is 14.5 Å². The van der Waals surface area contributed by atoms with Crippen LogP contribution in [0.4, 0.5) is 0 Å². The Kier molecular flexibility index (Phi) is 6.09. The molecule has 1 aliphatic heterocycles. The summed E-state index contributed by atoms with van der Waals surface area (Å²) in [6, 6.07) is 13.0. The molecule has 30 heavy (non-hydrogen) atoms. The van der Waals surface area contributed by atoms with Gasteiger partial charge in [-0.3, -0.25) is 14.7 Å². The van der Waals surface area contributed by atoms with Crippen LogP contribution in [0.1, 0.15) is 30.1 Å². The van der Waals surface area contributed by atoms with Crippen molar-refractivity contribution in [2.45, 2.75) is 25.3 Å². The van der Waals surface area contributed by atoms with E-state index in [-0.39, 0.29) is 11.5 Å². The summed E-state index contributed by atoms with van der Waals surface area (Å²) in [7, 11) is 3.32. The van der Waals surface area contributed by atoms with E-state index < -0.39 is 0 Å². The van der Waals surface area contributed by atoms with Crippen molar-refractivity contribution >= 4 is 0 Å². The molecule has 0 saturated carbocycles. The second-order valence-electron chi connectivity index (χ2n) is 7.48. The molecule has 1 fully saturated rings. The van der Waals surface area contributed by atoms with Crippen LogP contribution in [-0.2, 0) is 6.54 Å². The summed E-state index contributed by atoms with van der Waals surface area (Å²) < 4.78 is 10.8. The predicted octanol–water partition coefficient (Wildman–Crippen LogP) is 3.23. The zero-order valence-corrected chi connectivity index (χ0v) is 17.3. The highest BCUT2D eigenvalue weighted by molar-refractivity contribution is 5.52. The summed E-state index contributed by atoms with van der Waals surface area (Å²) in [5.74, 6) is 2.49. The Morgan fingerprint density at radius 2 is 2.03 bits per heavy atom. The molecule has 156 valence electrons. The summed E-state index contributed by atoms with van der Waals surface area (Å²) in [5, 5.41) is 0. The SMILES string of the molecule is COc1ccc(CN2CCCC(c3nc(-c4ccccn4)cc(=O)[nH]3)C2)c(OC)c1. The maximum absolute atomic E-state index is 12.3. The molecule has 0 radical (unpaired) electrons. The molecular weight excluding hydrogens is 380 g/mol. The fraction of sp³-hybridized carbons (Fsp3) is 0.348. The van der Waals surface area contributed by atoms with Gasteiger partial charge in [-0.1, -0.05) is 12.1 Å². The van der Waals surface area contributed by atoms with E-state index in [1.165, 1.54) is 6.07 Å². The second kappa shape index (κ2) is 9.09. The molecule has 0 amide bonds. The quantitative estimate of drug-likeness (QED) is 0.677. The number of aromatic amines is 1. The largest absolute Gasteiger partial charge is 0.497 e. The number of benzene rings is 1. The molecular formula is C23H26N4O3. The third kappa shape index (κ3) is 4.52. The van der Waals surface area contributed by atoms with Crippen LogP contribution in [0.25, 0.3) is 11.4 Å². The number of piperidine rings is 1. The summed E-state index contributed by atoms with van der Waals surface area (Å²) in [5.41, 5.74) is 2.29. The highest BCUT2D eigenvalue weighted by Gasteiger charge is 2.24. The maximum atomic E-state index is 12.3. The third-order valence-electron chi connectivity index (χ3n) is 5.47. The van der Waals surface area contributed by atoms with Gasteiger partial charge in [0.05, 0.1) is 25.6 Å². The molecule has 1 aliphatic rings. The van der Waals surface area contributed by atoms with E-state index in [1.54, 1.807) is 20.4 Å². The molecule has 1 aromatic carbocycles. The lowest BCUT2D eigenvalue weighted by molar-refractivity contribution is 0.194. The molecule has 1 atom stereocenters. The molecule has 3 heterocycles.